The number of alkyl halides is 3. The molecule has 0 aromatic carbocycles. The number of urea groups is 1. The van der Waals surface area contributed by atoms with Crippen molar-refractivity contribution >= 4 is 12.0 Å². The summed E-state index contributed by atoms with van der Waals surface area (Å²) < 4.78 is 38.4. The Morgan fingerprint density at radius 1 is 1.09 bits per heavy atom. The van der Waals surface area contributed by atoms with Gasteiger partial charge in [-0.2, -0.15) is 13.2 Å². The number of hydrogen-bond acceptors (Lipinski definition) is 5. The molecular formula is C24H35F3N6O. The highest BCUT2D eigenvalue weighted by Crippen LogP contribution is 2.29. The molecule has 4 rings (SSSR count). The van der Waals surface area contributed by atoms with E-state index >= 15 is 0 Å². The van der Waals surface area contributed by atoms with Crippen LogP contribution in [0, 0.1) is 0 Å². The third kappa shape index (κ3) is 6.00. The molecule has 3 aliphatic rings. The van der Waals surface area contributed by atoms with Crippen LogP contribution in [-0.4, -0.2) is 76.6 Å². The van der Waals surface area contributed by atoms with Gasteiger partial charge in [0.25, 0.3) is 0 Å². The highest BCUT2D eigenvalue weighted by molar-refractivity contribution is 5.75. The van der Waals surface area contributed by atoms with E-state index in [1.165, 1.54) is 25.7 Å². The number of amides is 2. The summed E-state index contributed by atoms with van der Waals surface area (Å²) in [4.78, 5) is 27.1. The number of allylic oxidation sites excluding steroid dienone is 1. The van der Waals surface area contributed by atoms with E-state index in [-0.39, 0.29) is 30.1 Å². The summed E-state index contributed by atoms with van der Waals surface area (Å²) in [6.45, 7) is 7.88. The van der Waals surface area contributed by atoms with Gasteiger partial charge in [-0.25, -0.2) is 14.8 Å². The maximum Gasteiger partial charge on any atom is 0.419 e. The van der Waals surface area contributed by atoms with Crippen LogP contribution in [0.15, 0.2) is 24.0 Å². The predicted octanol–water partition coefficient (Wildman–Crippen LogP) is 4.07. The van der Waals surface area contributed by atoms with Gasteiger partial charge in [-0.1, -0.05) is 11.6 Å². The smallest absolute Gasteiger partial charge is 0.337 e. The van der Waals surface area contributed by atoms with Gasteiger partial charge >= 0.3 is 12.2 Å². The summed E-state index contributed by atoms with van der Waals surface area (Å²) in [5, 5.41) is 3.22. The molecule has 1 N–H and O–H groups in total. The minimum atomic E-state index is -4.46. The summed E-state index contributed by atoms with van der Waals surface area (Å²) in [5.74, 6) is 0.257. The molecule has 0 saturated carbocycles. The van der Waals surface area contributed by atoms with Gasteiger partial charge in [0.15, 0.2) is 0 Å². The van der Waals surface area contributed by atoms with E-state index in [2.05, 4.69) is 26.3 Å². The summed E-state index contributed by atoms with van der Waals surface area (Å²) in [7, 11) is 0. The molecule has 0 radical (unpaired) electrons. The van der Waals surface area contributed by atoms with Crippen LogP contribution in [0.2, 0.25) is 0 Å². The lowest BCUT2D eigenvalue weighted by molar-refractivity contribution is -0.138. The van der Waals surface area contributed by atoms with E-state index in [9.17, 15) is 18.0 Å². The molecular weight excluding hydrogens is 445 g/mol. The van der Waals surface area contributed by atoms with E-state index < -0.39 is 11.7 Å². The van der Waals surface area contributed by atoms with Crippen LogP contribution in [0.5, 0.6) is 0 Å². The number of halogens is 3. The van der Waals surface area contributed by atoms with Gasteiger partial charge in [0.2, 0.25) is 5.95 Å². The largest absolute Gasteiger partial charge is 0.419 e. The van der Waals surface area contributed by atoms with Crippen molar-refractivity contribution in [1.29, 1.82) is 0 Å². The number of piperidine rings is 1. The second-order valence-electron chi connectivity index (χ2n) is 9.89. The number of likely N-dealkylation sites (tertiary alicyclic amines) is 1. The SMILES string of the molecule is C[C@@H]1CN(c2ncc(C(F)(F)F)cn2)C[C@H](C)N1C(=O)NC1CCN(CC2=CCCCC2)CC1. The summed E-state index contributed by atoms with van der Waals surface area (Å²) in [6, 6.07) is -0.137. The number of hydrogen-bond donors (Lipinski definition) is 1. The fourth-order valence-electron chi connectivity index (χ4n) is 5.34. The molecule has 0 bridgehead atoms. The lowest BCUT2D eigenvalue weighted by Crippen LogP contribution is -2.62. The summed E-state index contributed by atoms with van der Waals surface area (Å²) in [6.07, 6.45) is 6.48. The minimum Gasteiger partial charge on any atom is -0.337 e. The van der Waals surface area contributed by atoms with Crippen LogP contribution in [0.1, 0.15) is 57.9 Å². The van der Waals surface area contributed by atoms with E-state index in [0.717, 1.165) is 44.9 Å². The van der Waals surface area contributed by atoms with Crippen LogP contribution < -0.4 is 10.2 Å². The van der Waals surface area contributed by atoms with E-state index in [1.807, 2.05) is 23.6 Å². The maximum absolute atomic E-state index is 13.1. The molecule has 0 unspecified atom stereocenters. The average molecular weight is 481 g/mol. The number of nitrogens with zero attached hydrogens (tertiary/aromatic N) is 5. The molecule has 2 atom stereocenters. The Kier molecular flexibility index (Phi) is 7.64. The average Bonchev–Trinajstić information content (AvgIpc) is 2.80. The monoisotopic (exact) mass is 480 g/mol. The van der Waals surface area contributed by atoms with Crippen molar-refractivity contribution in [3.63, 3.8) is 0 Å². The van der Waals surface area contributed by atoms with E-state index in [1.54, 1.807) is 5.57 Å². The van der Waals surface area contributed by atoms with E-state index in [0.29, 0.717) is 13.1 Å². The summed E-state index contributed by atoms with van der Waals surface area (Å²) >= 11 is 0. The molecule has 1 aliphatic carbocycles. The lowest BCUT2D eigenvalue weighted by atomic mass is 9.98. The van der Waals surface area contributed by atoms with Gasteiger partial charge in [-0.05, 0) is 52.4 Å². The molecule has 2 saturated heterocycles. The topological polar surface area (TPSA) is 64.6 Å². The van der Waals surface area contributed by atoms with Crippen molar-refractivity contribution in [3.05, 3.63) is 29.6 Å². The first-order chi connectivity index (χ1) is 16.2. The molecule has 2 aliphatic heterocycles. The molecule has 34 heavy (non-hydrogen) atoms. The molecule has 7 nitrogen and oxygen atoms in total. The zero-order chi connectivity index (χ0) is 24.3. The number of rotatable bonds is 4. The van der Waals surface area contributed by atoms with Crippen LogP contribution in [-0.2, 0) is 6.18 Å². The predicted molar refractivity (Wildman–Crippen MR) is 125 cm³/mol. The second kappa shape index (κ2) is 10.5. The highest BCUT2D eigenvalue weighted by atomic mass is 19.4. The van der Waals surface area contributed by atoms with Crippen molar-refractivity contribution in [2.45, 2.75) is 76.7 Å². The van der Waals surface area contributed by atoms with Crippen molar-refractivity contribution in [3.8, 4) is 0 Å². The van der Waals surface area contributed by atoms with Crippen LogP contribution in [0.25, 0.3) is 0 Å². The Morgan fingerprint density at radius 3 is 2.29 bits per heavy atom. The van der Waals surface area contributed by atoms with Gasteiger partial charge in [0, 0.05) is 63.2 Å². The summed E-state index contributed by atoms with van der Waals surface area (Å²) in [5.41, 5.74) is 0.697. The third-order valence-electron chi connectivity index (χ3n) is 7.13. The van der Waals surface area contributed by atoms with Gasteiger partial charge in [-0.3, -0.25) is 4.90 Å². The maximum atomic E-state index is 13.1. The Balaban J connectivity index is 1.27. The number of anilines is 1. The zero-order valence-corrected chi connectivity index (χ0v) is 20.0. The van der Waals surface area contributed by atoms with Crippen molar-refractivity contribution in [2.24, 2.45) is 0 Å². The van der Waals surface area contributed by atoms with Gasteiger partial charge < -0.3 is 15.1 Å². The molecule has 188 valence electrons. The van der Waals surface area contributed by atoms with Crippen LogP contribution in [0.4, 0.5) is 23.9 Å². The van der Waals surface area contributed by atoms with Gasteiger partial charge in [0.05, 0.1) is 5.56 Å². The fourth-order valence-corrected chi connectivity index (χ4v) is 5.34. The van der Waals surface area contributed by atoms with Gasteiger partial charge in [0.1, 0.15) is 0 Å². The van der Waals surface area contributed by atoms with Crippen LogP contribution >= 0.6 is 0 Å². The Labute approximate surface area is 199 Å². The third-order valence-corrected chi connectivity index (χ3v) is 7.13. The van der Waals surface area contributed by atoms with Crippen molar-refractivity contribution in [2.75, 3.05) is 37.6 Å². The standard InChI is InChI=1S/C24H35F3N6O/c1-17-14-32(22-28-12-20(13-29-22)24(25,26)27)15-18(2)33(17)23(34)30-21-8-10-31(11-9-21)16-19-6-4-3-5-7-19/h6,12-13,17-18,21H,3-5,7-11,14-16H2,1-2H3,(H,30,34)/t17-,18+. The highest BCUT2D eigenvalue weighted by Gasteiger charge is 2.36. The Bertz CT molecular complexity index is 854. The molecule has 2 amide bonds. The second-order valence-corrected chi connectivity index (χ2v) is 9.89. The minimum absolute atomic E-state index is 0.0681. The first-order valence-corrected chi connectivity index (χ1v) is 12.3. The van der Waals surface area contributed by atoms with E-state index in [4.69, 9.17) is 0 Å². The molecule has 0 spiro atoms. The Hall–Kier alpha value is -2.36. The first-order valence-electron chi connectivity index (χ1n) is 12.3. The fraction of sp³-hybridized carbons (Fsp3) is 0.708. The molecule has 1 aromatic rings. The molecule has 1 aromatic heterocycles. The number of carbonyl (C=O) groups excluding carboxylic acids is 1. The van der Waals surface area contributed by atoms with Crippen molar-refractivity contribution in [1.82, 2.24) is 25.1 Å². The molecule has 10 heteroatoms. The number of carbonyl (C=O) groups is 1. The van der Waals surface area contributed by atoms with Gasteiger partial charge in [-0.15, -0.1) is 0 Å². The quantitative estimate of drug-likeness (QED) is 0.659. The molecule has 3 heterocycles. The first kappa shape index (κ1) is 24.8. The number of piperazine rings is 1. The van der Waals surface area contributed by atoms with Crippen LogP contribution in [0.3, 0.4) is 0 Å². The molecule has 2 fully saturated rings. The lowest BCUT2D eigenvalue weighted by Gasteiger charge is -2.45. The Morgan fingerprint density at radius 2 is 1.74 bits per heavy atom. The zero-order valence-electron chi connectivity index (χ0n) is 20.0. The normalized spacial score (nSPS) is 25.3. The number of nitrogens with one attached hydrogen (secondary N) is 1. The number of aromatic nitrogens is 2. The van der Waals surface area contributed by atoms with Crippen molar-refractivity contribution < 1.29 is 18.0 Å².